The molecule has 6 heteroatoms. The fourth-order valence-electron chi connectivity index (χ4n) is 2.82. The third-order valence-electron chi connectivity index (χ3n) is 4.07. The first-order chi connectivity index (χ1) is 13.0. The number of Topliss-reactive ketones (excluding diaryl/α,β-unsaturated/α-hetero) is 1. The monoisotopic (exact) mass is 380 g/mol. The van der Waals surface area contributed by atoms with E-state index >= 15 is 0 Å². The Balaban J connectivity index is 1.64. The molecule has 1 aliphatic rings. The summed E-state index contributed by atoms with van der Waals surface area (Å²) < 4.78 is 16.0. The number of ketones is 1. The number of carbonyl (C=O) groups excluding carboxylic acids is 2. The highest BCUT2D eigenvalue weighted by atomic mass is 35.5. The highest BCUT2D eigenvalue weighted by Crippen LogP contribution is 2.38. The maximum atomic E-state index is 12.7. The maximum absolute atomic E-state index is 12.7. The summed E-state index contributed by atoms with van der Waals surface area (Å²) in [6, 6.07) is 13.4. The number of fused-ring (bicyclic) bond motifs is 1. The van der Waals surface area contributed by atoms with Crippen molar-refractivity contribution in [2.45, 2.75) is 6.92 Å². The smallest absolute Gasteiger partial charge is 0.379 e. The molecule has 0 fully saturated rings. The number of hydrogen-bond acceptors (Lipinski definition) is 5. The number of furan rings is 1. The summed E-state index contributed by atoms with van der Waals surface area (Å²) in [7, 11) is 0. The predicted molar refractivity (Wildman–Crippen MR) is 99.2 cm³/mol. The van der Waals surface area contributed by atoms with Crippen LogP contribution in [0, 0.1) is 6.92 Å². The molecule has 27 heavy (non-hydrogen) atoms. The van der Waals surface area contributed by atoms with E-state index in [1.54, 1.807) is 43.3 Å². The SMILES string of the molecule is Cc1cc(OC(=O)c2ccco2)cc2c1C(=O)/C(=C/c1ccccc1Cl)O2. The van der Waals surface area contributed by atoms with E-state index in [4.69, 9.17) is 25.5 Å². The largest absolute Gasteiger partial charge is 0.457 e. The van der Waals surface area contributed by atoms with Crippen LogP contribution in [-0.4, -0.2) is 11.8 Å². The zero-order valence-electron chi connectivity index (χ0n) is 14.2. The molecule has 1 aromatic heterocycles. The van der Waals surface area contributed by atoms with Crippen molar-refractivity contribution in [3.05, 3.63) is 88.0 Å². The van der Waals surface area contributed by atoms with Crippen LogP contribution in [0.1, 0.15) is 32.0 Å². The van der Waals surface area contributed by atoms with Gasteiger partial charge in [-0.15, -0.1) is 0 Å². The van der Waals surface area contributed by atoms with Crippen LogP contribution in [0.25, 0.3) is 6.08 Å². The molecule has 0 radical (unpaired) electrons. The summed E-state index contributed by atoms with van der Waals surface area (Å²) in [5.41, 5.74) is 1.76. The normalized spacial score (nSPS) is 14.1. The molecule has 0 atom stereocenters. The second kappa shape index (κ2) is 6.78. The molecule has 0 aliphatic carbocycles. The van der Waals surface area contributed by atoms with E-state index < -0.39 is 5.97 Å². The number of rotatable bonds is 3. The Hall–Kier alpha value is -3.31. The van der Waals surface area contributed by atoms with Crippen molar-refractivity contribution in [2.24, 2.45) is 0 Å². The lowest BCUT2D eigenvalue weighted by Crippen LogP contribution is -2.07. The van der Waals surface area contributed by atoms with Crippen molar-refractivity contribution in [1.82, 2.24) is 0 Å². The van der Waals surface area contributed by atoms with Gasteiger partial charge in [-0.3, -0.25) is 4.79 Å². The molecule has 0 unspecified atom stereocenters. The number of carbonyl (C=O) groups is 2. The molecule has 0 saturated heterocycles. The summed E-state index contributed by atoms with van der Waals surface area (Å²) in [6.07, 6.45) is 2.98. The van der Waals surface area contributed by atoms with Gasteiger partial charge in [-0.2, -0.15) is 0 Å². The Morgan fingerprint density at radius 2 is 1.96 bits per heavy atom. The molecular formula is C21H13ClO5. The first kappa shape index (κ1) is 17.1. The number of halogens is 1. The number of esters is 1. The van der Waals surface area contributed by atoms with Crippen molar-refractivity contribution in [2.75, 3.05) is 0 Å². The van der Waals surface area contributed by atoms with E-state index in [9.17, 15) is 9.59 Å². The highest BCUT2D eigenvalue weighted by molar-refractivity contribution is 6.32. The number of allylic oxidation sites excluding steroid dienone is 1. The van der Waals surface area contributed by atoms with Gasteiger partial charge in [-0.1, -0.05) is 29.8 Å². The van der Waals surface area contributed by atoms with Crippen LogP contribution in [0.2, 0.25) is 5.02 Å². The third-order valence-corrected chi connectivity index (χ3v) is 4.41. The molecule has 3 aromatic rings. The molecule has 1 aliphatic heterocycles. The van der Waals surface area contributed by atoms with E-state index in [2.05, 4.69) is 0 Å². The minimum atomic E-state index is -0.629. The van der Waals surface area contributed by atoms with Gasteiger partial charge in [-0.25, -0.2) is 4.79 Å². The molecule has 0 amide bonds. The molecule has 2 aromatic carbocycles. The van der Waals surface area contributed by atoms with Crippen LogP contribution in [0.4, 0.5) is 0 Å². The Labute approximate surface area is 159 Å². The van der Waals surface area contributed by atoms with Gasteiger partial charge in [0.25, 0.3) is 0 Å². The summed E-state index contributed by atoms with van der Waals surface area (Å²) >= 11 is 6.15. The molecule has 5 nitrogen and oxygen atoms in total. The van der Waals surface area contributed by atoms with E-state index in [-0.39, 0.29) is 23.1 Å². The molecule has 134 valence electrons. The lowest BCUT2D eigenvalue weighted by molar-refractivity contribution is 0.0701. The van der Waals surface area contributed by atoms with Gasteiger partial charge in [0.05, 0.1) is 11.8 Å². The minimum absolute atomic E-state index is 0.0875. The summed E-state index contributed by atoms with van der Waals surface area (Å²) in [4.78, 5) is 24.7. The fraction of sp³-hybridized carbons (Fsp3) is 0.0476. The molecular weight excluding hydrogens is 368 g/mol. The average molecular weight is 381 g/mol. The summed E-state index contributed by atoms with van der Waals surface area (Å²) in [5.74, 6) is -0.0259. The van der Waals surface area contributed by atoms with Crippen LogP contribution < -0.4 is 9.47 Å². The van der Waals surface area contributed by atoms with Gasteiger partial charge in [0.1, 0.15) is 11.5 Å². The Morgan fingerprint density at radius 3 is 2.70 bits per heavy atom. The van der Waals surface area contributed by atoms with Gasteiger partial charge in [0.15, 0.2) is 5.76 Å². The van der Waals surface area contributed by atoms with Gasteiger partial charge in [-0.05, 0) is 48.4 Å². The van der Waals surface area contributed by atoms with Crippen LogP contribution in [0.3, 0.4) is 0 Å². The standard InChI is InChI=1S/C21H13ClO5/c1-12-9-14(26-21(24)16-7-4-8-25-16)11-17-19(12)20(23)18(27-17)10-13-5-2-3-6-15(13)22/h2-11H,1H3/b18-10-. The molecule has 0 N–H and O–H groups in total. The first-order valence-corrected chi connectivity index (χ1v) is 8.50. The van der Waals surface area contributed by atoms with Crippen molar-refractivity contribution >= 4 is 29.4 Å². The Morgan fingerprint density at radius 1 is 1.15 bits per heavy atom. The predicted octanol–water partition coefficient (Wildman–Crippen LogP) is 5.08. The third kappa shape index (κ3) is 3.25. The van der Waals surface area contributed by atoms with Crippen molar-refractivity contribution < 1.29 is 23.5 Å². The van der Waals surface area contributed by atoms with Crippen LogP contribution >= 0.6 is 11.6 Å². The molecule has 0 bridgehead atoms. The van der Waals surface area contributed by atoms with Gasteiger partial charge >= 0.3 is 5.97 Å². The second-order valence-electron chi connectivity index (χ2n) is 5.94. The lowest BCUT2D eigenvalue weighted by atomic mass is 10.0. The van der Waals surface area contributed by atoms with E-state index in [0.717, 1.165) is 0 Å². The Kier molecular flexibility index (Phi) is 4.30. The summed E-state index contributed by atoms with van der Waals surface area (Å²) in [6.45, 7) is 1.75. The van der Waals surface area contributed by atoms with Crippen LogP contribution in [0.5, 0.6) is 11.5 Å². The van der Waals surface area contributed by atoms with Gasteiger partial charge in [0, 0.05) is 11.1 Å². The van der Waals surface area contributed by atoms with E-state index in [1.165, 1.54) is 18.4 Å². The van der Waals surface area contributed by atoms with Crippen molar-refractivity contribution in [1.29, 1.82) is 0 Å². The lowest BCUT2D eigenvalue weighted by Gasteiger charge is -2.06. The zero-order chi connectivity index (χ0) is 19.0. The first-order valence-electron chi connectivity index (χ1n) is 8.12. The number of hydrogen-bond donors (Lipinski definition) is 0. The van der Waals surface area contributed by atoms with Gasteiger partial charge in [0.2, 0.25) is 11.5 Å². The molecule has 4 rings (SSSR count). The number of aryl methyl sites for hydroxylation is 1. The molecule has 2 heterocycles. The molecule has 0 saturated carbocycles. The van der Waals surface area contributed by atoms with Crippen LogP contribution in [0.15, 0.2) is 65.0 Å². The minimum Gasteiger partial charge on any atom is -0.457 e. The van der Waals surface area contributed by atoms with E-state index in [0.29, 0.717) is 27.5 Å². The van der Waals surface area contributed by atoms with E-state index in [1.807, 2.05) is 6.07 Å². The van der Waals surface area contributed by atoms with Gasteiger partial charge < -0.3 is 13.9 Å². The zero-order valence-corrected chi connectivity index (χ0v) is 14.9. The van der Waals surface area contributed by atoms with Crippen molar-refractivity contribution in [3.8, 4) is 11.5 Å². The summed E-state index contributed by atoms with van der Waals surface area (Å²) in [5, 5.41) is 0.516. The number of benzene rings is 2. The second-order valence-corrected chi connectivity index (χ2v) is 6.35. The average Bonchev–Trinajstić information content (AvgIpc) is 3.26. The highest BCUT2D eigenvalue weighted by Gasteiger charge is 2.30. The fourth-order valence-corrected chi connectivity index (χ4v) is 3.01. The molecule has 0 spiro atoms. The topological polar surface area (TPSA) is 65.7 Å². The number of ether oxygens (including phenoxy) is 2. The van der Waals surface area contributed by atoms with Crippen molar-refractivity contribution in [3.63, 3.8) is 0 Å². The quantitative estimate of drug-likeness (QED) is 0.360. The Bertz CT molecular complexity index is 1080. The van der Waals surface area contributed by atoms with Crippen LogP contribution in [-0.2, 0) is 0 Å². The maximum Gasteiger partial charge on any atom is 0.379 e.